The van der Waals surface area contributed by atoms with Gasteiger partial charge in [0.15, 0.2) is 11.5 Å². The van der Waals surface area contributed by atoms with Crippen LogP contribution in [-0.2, 0) is 6.42 Å². The summed E-state index contributed by atoms with van der Waals surface area (Å²) < 4.78 is 7.33. The molecule has 4 rings (SSSR count). The Balaban J connectivity index is 1.49. The second kappa shape index (κ2) is 10.1. The number of hydrogen-bond donors (Lipinski definition) is 3. The van der Waals surface area contributed by atoms with E-state index in [2.05, 4.69) is 38.3 Å². The van der Waals surface area contributed by atoms with E-state index in [1.165, 1.54) is 0 Å². The number of aryl methyl sites for hydroxylation is 1. The SMILES string of the molecule is CCCC(O)CCOc1nc(N)c2ncc(Cc3cnc(N4CCNCC4)c(C)c3)n2n1. The number of nitrogens with one attached hydrogen (secondary N) is 1. The van der Waals surface area contributed by atoms with Gasteiger partial charge < -0.3 is 25.8 Å². The number of anilines is 2. The van der Waals surface area contributed by atoms with Gasteiger partial charge in [-0.05, 0) is 24.5 Å². The van der Waals surface area contributed by atoms with Crippen LogP contribution >= 0.6 is 0 Å². The molecule has 1 aliphatic rings. The summed E-state index contributed by atoms with van der Waals surface area (Å²) in [6, 6.07) is 2.35. The second-order valence-electron chi connectivity index (χ2n) is 8.24. The van der Waals surface area contributed by atoms with Crippen molar-refractivity contribution in [1.82, 2.24) is 29.9 Å². The summed E-state index contributed by atoms with van der Waals surface area (Å²) in [6.07, 6.45) is 6.11. The maximum Gasteiger partial charge on any atom is 0.336 e. The molecular formula is C22H32N8O2. The highest BCUT2D eigenvalue weighted by Crippen LogP contribution is 2.21. The zero-order valence-corrected chi connectivity index (χ0v) is 18.8. The molecule has 0 aliphatic carbocycles. The van der Waals surface area contributed by atoms with Crippen LogP contribution in [0, 0.1) is 6.92 Å². The number of aliphatic hydroxyl groups excluding tert-OH is 1. The van der Waals surface area contributed by atoms with Crippen LogP contribution < -0.4 is 20.7 Å². The molecule has 10 nitrogen and oxygen atoms in total. The number of imidazole rings is 1. The molecule has 1 saturated heterocycles. The number of fused-ring (bicyclic) bond motifs is 1. The minimum absolute atomic E-state index is 0.182. The highest BCUT2D eigenvalue weighted by molar-refractivity contribution is 5.60. The number of aliphatic hydroxyl groups is 1. The van der Waals surface area contributed by atoms with E-state index >= 15 is 0 Å². The van der Waals surface area contributed by atoms with Crippen LogP contribution in [0.2, 0.25) is 0 Å². The largest absolute Gasteiger partial charge is 0.462 e. The van der Waals surface area contributed by atoms with Gasteiger partial charge in [0.2, 0.25) is 0 Å². The van der Waals surface area contributed by atoms with Crippen molar-refractivity contribution in [2.45, 2.75) is 45.6 Å². The number of nitrogens with two attached hydrogens (primary N) is 1. The monoisotopic (exact) mass is 440 g/mol. The summed E-state index contributed by atoms with van der Waals surface area (Å²) in [5, 5.41) is 17.7. The molecule has 4 heterocycles. The molecule has 32 heavy (non-hydrogen) atoms. The first-order chi connectivity index (χ1) is 15.5. The molecule has 10 heteroatoms. The average molecular weight is 441 g/mol. The lowest BCUT2D eigenvalue weighted by Gasteiger charge is -2.29. The molecule has 0 bridgehead atoms. The standard InChI is InChI=1S/C22H32N8O2/c1-3-4-18(31)5-10-32-22-27-19(23)21-26-14-17(30(21)28-22)12-16-11-15(2)20(25-13-16)29-8-6-24-7-9-29/h11,13-14,18,24,31H,3-10,12H2,1-2H3,(H2,23,27,28). The number of rotatable bonds is 9. The Bertz CT molecular complexity index is 1050. The Hall–Kier alpha value is -2.98. The molecule has 0 aromatic carbocycles. The van der Waals surface area contributed by atoms with Gasteiger partial charge in [-0.3, -0.25) is 0 Å². The van der Waals surface area contributed by atoms with Crippen molar-refractivity contribution in [3.05, 3.63) is 35.3 Å². The fourth-order valence-electron chi connectivity index (χ4n) is 4.01. The minimum atomic E-state index is -0.384. The quantitative estimate of drug-likeness (QED) is 0.452. The summed E-state index contributed by atoms with van der Waals surface area (Å²) in [7, 11) is 0. The van der Waals surface area contributed by atoms with E-state index in [1.807, 2.05) is 13.1 Å². The number of aromatic nitrogens is 5. The maximum absolute atomic E-state index is 9.88. The molecule has 4 N–H and O–H groups in total. The van der Waals surface area contributed by atoms with Gasteiger partial charge in [-0.1, -0.05) is 19.4 Å². The molecule has 0 spiro atoms. The lowest BCUT2D eigenvalue weighted by molar-refractivity contribution is 0.127. The Morgan fingerprint density at radius 2 is 2.03 bits per heavy atom. The highest BCUT2D eigenvalue weighted by atomic mass is 16.5. The van der Waals surface area contributed by atoms with E-state index < -0.39 is 0 Å². The van der Waals surface area contributed by atoms with E-state index in [0.717, 1.165) is 61.7 Å². The van der Waals surface area contributed by atoms with Crippen molar-refractivity contribution in [1.29, 1.82) is 0 Å². The van der Waals surface area contributed by atoms with Crippen molar-refractivity contribution >= 4 is 17.3 Å². The first-order valence-corrected chi connectivity index (χ1v) is 11.3. The smallest absolute Gasteiger partial charge is 0.336 e. The van der Waals surface area contributed by atoms with Crippen molar-refractivity contribution < 1.29 is 9.84 Å². The topological polar surface area (TPSA) is 127 Å². The Morgan fingerprint density at radius 3 is 2.78 bits per heavy atom. The number of piperazine rings is 1. The summed E-state index contributed by atoms with van der Waals surface area (Å²) in [5.41, 5.74) is 9.69. The summed E-state index contributed by atoms with van der Waals surface area (Å²) in [5.74, 6) is 1.31. The van der Waals surface area contributed by atoms with Crippen molar-refractivity contribution in [3.63, 3.8) is 0 Å². The van der Waals surface area contributed by atoms with Gasteiger partial charge >= 0.3 is 6.01 Å². The molecule has 0 saturated carbocycles. The Labute approximate surface area is 187 Å². The fourth-order valence-corrected chi connectivity index (χ4v) is 4.01. The van der Waals surface area contributed by atoms with E-state index in [-0.39, 0.29) is 17.9 Å². The zero-order chi connectivity index (χ0) is 22.5. The molecule has 1 atom stereocenters. The fraction of sp³-hybridized carbons (Fsp3) is 0.545. The van der Waals surface area contributed by atoms with Crippen molar-refractivity contribution in [2.75, 3.05) is 43.4 Å². The third-order valence-corrected chi connectivity index (χ3v) is 5.65. The zero-order valence-electron chi connectivity index (χ0n) is 18.8. The van der Waals surface area contributed by atoms with Gasteiger partial charge in [0.05, 0.1) is 24.6 Å². The van der Waals surface area contributed by atoms with Crippen LogP contribution in [0.3, 0.4) is 0 Å². The number of pyridine rings is 1. The van der Waals surface area contributed by atoms with Gasteiger partial charge in [0, 0.05) is 45.2 Å². The number of hydrogen-bond acceptors (Lipinski definition) is 9. The molecule has 3 aromatic rings. The van der Waals surface area contributed by atoms with Crippen molar-refractivity contribution in [2.24, 2.45) is 0 Å². The second-order valence-corrected chi connectivity index (χ2v) is 8.24. The van der Waals surface area contributed by atoms with E-state index in [1.54, 1.807) is 10.7 Å². The first-order valence-electron chi connectivity index (χ1n) is 11.3. The normalized spacial score (nSPS) is 15.3. The molecular weight excluding hydrogens is 408 g/mol. The lowest BCUT2D eigenvalue weighted by atomic mass is 10.1. The number of nitrogen functional groups attached to an aromatic ring is 1. The first kappa shape index (κ1) is 22.2. The van der Waals surface area contributed by atoms with Gasteiger partial charge in [-0.25, -0.2) is 14.5 Å². The predicted molar refractivity (Wildman–Crippen MR) is 123 cm³/mol. The van der Waals surface area contributed by atoms with Crippen LogP contribution in [0.4, 0.5) is 11.6 Å². The third kappa shape index (κ3) is 5.08. The lowest BCUT2D eigenvalue weighted by Crippen LogP contribution is -2.44. The van der Waals surface area contributed by atoms with Crippen molar-refractivity contribution in [3.8, 4) is 6.01 Å². The van der Waals surface area contributed by atoms with Crippen LogP contribution in [0.25, 0.3) is 5.65 Å². The van der Waals surface area contributed by atoms with Gasteiger partial charge in [-0.2, -0.15) is 4.98 Å². The Morgan fingerprint density at radius 1 is 1.22 bits per heavy atom. The summed E-state index contributed by atoms with van der Waals surface area (Å²) >= 11 is 0. The highest BCUT2D eigenvalue weighted by Gasteiger charge is 2.16. The van der Waals surface area contributed by atoms with Crippen LogP contribution in [0.1, 0.15) is 43.0 Å². The van der Waals surface area contributed by atoms with E-state index in [4.69, 9.17) is 15.5 Å². The van der Waals surface area contributed by atoms with E-state index in [9.17, 15) is 5.11 Å². The Kier molecular flexibility index (Phi) is 7.01. The van der Waals surface area contributed by atoms with Gasteiger partial charge in [0.1, 0.15) is 5.82 Å². The van der Waals surface area contributed by atoms with E-state index in [0.29, 0.717) is 25.1 Å². The van der Waals surface area contributed by atoms with Gasteiger partial charge in [0.25, 0.3) is 0 Å². The molecule has 1 unspecified atom stereocenters. The molecule has 1 aliphatic heterocycles. The minimum Gasteiger partial charge on any atom is -0.462 e. The summed E-state index contributed by atoms with van der Waals surface area (Å²) in [6.45, 7) is 8.36. The molecule has 1 fully saturated rings. The molecule has 0 amide bonds. The maximum atomic E-state index is 9.88. The summed E-state index contributed by atoms with van der Waals surface area (Å²) in [4.78, 5) is 15.6. The molecule has 3 aromatic heterocycles. The third-order valence-electron chi connectivity index (χ3n) is 5.65. The molecule has 172 valence electrons. The number of nitrogens with zero attached hydrogens (tertiary/aromatic N) is 6. The predicted octanol–water partition coefficient (Wildman–Crippen LogP) is 1.34. The number of ether oxygens (including phenoxy) is 1. The average Bonchev–Trinajstić information content (AvgIpc) is 3.18. The van der Waals surface area contributed by atoms with Crippen LogP contribution in [-0.4, -0.2) is 68.6 Å². The van der Waals surface area contributed by atoms with Crippen LogP contribution in [0.5, 0.6) is 6.01 Å². The van der Waals surface area contributed by atoms with Crippen LogP contribution in [0.15, 0.2) is 18.5 Å². The van der Waals surface area contributed by atoms with Gasteiger partial charge in [-0.15, -0.1) is 5.10 Å². The molecule has 0 radical (unpaired) electrons.